The molecular formula is C16H18F3N2O3+. The van der Waals surface area contributed by atoms with E-state index in [0.717, 1.165) is 17.9 Å². The van der Waals surface area contributed by atoms with Crippen LogP contribution in [0.5, 0.6) is 5.75 Å². The minimum atomic E-state index is -4.74. The number of halogens is 3. The third-order valence-electron chi connectivity index (χ3n) is 3.34. The van der Waals surface area contributed by atoms with Crippen LogP contribution < -0.4 is 15.4 Å². The van der Waals surface area contributed by atoms with Crippen LogP contribution in [0.4, 0.5) is 18.9 Å². The topological polar surface area (TPSA) is 68.1 Å². The summed E-state index contributed by atoms with van der Waals surface area (Å²) in [4.78, 5) is 12.1. The second kappa shape index (κ2) is 7.39. The smallest absolute Gasteiger partial charge is 0.463 e. The Labute approximate surface area is 136 Å². The van der Waals surface area contributed by atoms with E-state index in [0.29, 0.717) is 5.69 Å². The molecule has 0 aliphatic rings. The molecule has 5 nitrogen and oxygen atoms in total. The number of carbonyl (C=O) groups excluding carboxylic acids is 1. The van der Waals surface area contributed by atoms with Gasteiger partial charge in [0.15, 0.2) is 11.8 Å². The number of alkyl halides is 3. The fourth-order valence-electron chi connectivity index (χ4n) is 2.16. The van der Waals surface area contributed by atoms with Gasteiger partial charge in [0.25, 0.3) is 5.91 Å². The highest BCUT2D eigenvalue weighted by Crippen LogP contribution is 2.23. The normalized spacial score (nSPS) is 14.0. The Balaban J connectivity index is 1.89. The molecule has 1 heterocycles. The summed E-state index contributed by atoms with van der Waals surface area (Å²) in [6, 6.07) is 8.13. The van der Waals surface area contributed by atoms with E-state index in [4.69, 9.17) is 4.42 Å². The van der Waals surface area contributed by atoms with Crippen molar-refractivity contribution in [3.05, 3.63) is 48.4 Å². The summed E-state index contributed by atoms with van der Waals surface area (Å²) >= 11 is 0. The van der Waals surface area contributed by atoms with Gasteiger partial charge < -0.3 is 19.8 Å². The summed E-state index contributed by atoms with van der Waals surface area (Å²) in [6.07, 6.45) is -3.18. The van der Waals surface area contributed by atoms with Crippen LogP contribution in [-0.4, -0.2) is 18.3 Å². The lowest BCUT2D eigenvalue weighted by Gasteiger charge is -2.15. The van der Waals surface area contributed by atoms with Gasteiger partial charge in [-0.25, -0.2) is 0 Å². The molecule has 1 amide bonds. The molecule has 130 valence electrons. The number of nitrogens with two attached hydrogens (primary N) is 1. The molecule has 1 aromatic carbocycles. The van der Waals surface area contributed by atoms with Gasteiger partial charge in [0, 0.05) is 5.69 Å². The Morgan fingerprint density at radius 1 is 1.21 bits per heavy atom. The van der Waals surface area contributed by atoms with Crippen LogP contribution in [0.15, 0.2) is 47.1 Å². The van der Waals surface area contributed by atoms with Crippen molar-refractivity contribution in [3.63, 3.8) is 0 Å². The number of hydrogen-bond donors (Lipinski definition) is 2. The minimum Gasteiger partial charge on any atom is -0.463 e. The largest absolute Gasteiger partial charge is 0.573 e. The van der Waals surface area contributed by atoms with Crippen molar-refractivity contribution in [1.82, 2.24) is 0 Å². The van der Waals surface area contributed by atoms with Gasteiger partial charge in [-0.15, -0.1) is 13.2 Å². The lowest BCUT2D eigenvalue weighted by atomic mass is 10.2. The van der Waals surface area contributed by atoms with Gasteiger partial charge in [0.05, 0.1) is 6.26 Å². The van der Waals surface area contributed by atoms with Gasteiger partial charge in [0.1, 0.15) is 11.8 Å². The van der Waals surface area contributed by atoms with E-state index in [-0.39, 0.29) is 17.7 Å². The molecule has 8 heteroatoms. The number of anilines is 1. The molecule has 2 aromatic rings. The zero-order valence-corrected chi connectivity index (χ0v) is 13.1. The molecule has 0 fully saturated rings. The quantitative estimate of drug-likeness (QED) is 0.847. The molecule has 0 spiro atoms. The second-order valence-corrected chi connectivity index (χ2v) is 5.35. The maximum atomic E-state index is 12.1. The minimum absolute atomic E-state index is 0.0386. The Kier molecular flexibility index (Phi) is 5.50. The molecule has 0 unspecified atom stereocenters. The molecular weight excluding hydrogens is 325 g/mol. The van der Waals surface area contributed by atoms with Gasteiger partial charge in [-0.3, -0.25) is 4.79 Å². The highest BCUT2D eigenvalue weighted by Gasteiger charge is 2.31. The standard InChI is InChI=1S/C16H17F3N2O3/c1-10(14-4-3-9-23-14)20-11(2)15(22)21-12-5-7-13(8-6-12)24-16(17,18)19/h3-11,20H,1-2H3,(H,21,22)/p+1/t10-,11-/m1/s1. The predicted octanol–water partition coefficient (Wildman–Crippen LogP) is 2.83. The Hall–Kier alpha value is -2.48. The first-order valence-corrected chi connectivity index (χ1v) is 7.29. The number of hydrogen-bond acceptors (Lipinski definition) is 3. The average molecular weight is 343 g/mol. The predicted molar refractivity (Wildman–Crippen MR) is 80.3 cm³/mol. The van der Waals surface area contributed by atoms with Crippen molar-refractivity contribution in [2.24, 2.45) is 0 Å². The maximum Gasteiger partial charge on any atom is 0.573 e. The molecule has 3 N–H and O–H groups in total. The number of nitrogens with one attached hydrogen (secondary N) is 1. The first kappa shape index (κ1) is 17.9. The van der Waals surface area contributed by atoms with E-state index in [1.165, 1.54) is 12.1 Å². The Bertz CT molecular complexity index is 654. The fourth-order valence-corrected chi connectivity index (χ4v) is 2.16. The molecule has 0 aliphatic carbocycles. The molecule has 0 saturated heterocycles. The Morgan fingerprint density at radius 3 is 2.42 bits per heavy atom. The first-order chi connectivity index (χ1) is 11.2. The van der Waals surface area contributed by atoms with Crippen molar-refractivity contribution in [2.45, 2.75) is 32.3 Å². The van der Waals surface area contributed by atoms with Crippen LogP contribution in [0.2, 0.25) is 0 Å². The molecule has 0 saturated carbocycles. The number of rotatable bonds is 6. The van der Waals surface area contributed by atoms with Crippen LogP contribution >= 0.6 is 0 Å². The highest BCUT2D eigenvalue weighted by molar-refractivity contribution is 5.93. The highest BCUT2D eigenvalue weighted by atomic mass is 19.4. The molecule has 2 rings (SSSR count). The molecule has 1 aromatic heterocycles. The summed E-state index contributed by atoms with van der Waals surface area (Å²) in [5.74, 6) is 0.146. The SMILES string of the molecule is C[C@@H]([NH2+][C@H](C)c1ccco1)C(=O)Nc1ccc(OC(F)(F)F)cc1. The second-order valence-electron chi connectivity index (χ2n) is 5.35. The molecule has 0 aliphatic heterocycles. The van der Waals surface area contributed by atoms with Crippen LogP contribution in [0.3, 0.4) is 0 Å². The van der Waals surface area contributed by atoms with Crippen molar-refractivity contribution >= 4 is 11.6 Å². The van der Waals surface area contributed by atoms with E-state index < -0.39 is 12.4 Å². The zero-order valence-electron chi connectivity index (χ0n) is 13.1. The van der Waals surface area contributed by atoms with Crippen LogP contribution in [-0.2, 0) is 4.79 Å². The number of quaternary nitrogens is 1. The van der Waals surface area contributed by atoms with E-state index >= 15 is 0 Å². The molecule has 0 bridgehead atoms. The van der Waals surface area contributed by atoms with Crippen molar-refractivity contribution in [2.75, 3.05) is 5.32 Å². The summed E-state index contributed by atoms with van der Waals surface area (Å²) in [6.45, 7) is 3.64. The summed E-state index contributed by atoms with van der Waals surface area (Å²) < 4.78 is 45.3. The Morgan fingerprint density at radius 2 is 1.88 bits per heavy atom. The monoisotopic (exact) mass is 343 g/mol. The number of furan rings is 1. The van der Waals surface area contributed by atoms with E-state index in [1.54, 1.807) is 19.3 Å². The number of amides is 1. The van der Waals surface area contributed by atoms with Gasteiger partial charge >= 0.3 is 6.36 Å². The van der Waals surface area contributed by atoms with Crippen LogP contribution in [0.25, 0.3) is 0 Å². The number of ether oxygens (including phenoxy) is 1. The van der Waals surface area contributed by atoms with Crippen molar-refractivity contribution in [3.8, 4) is 5.75 Å². The molecule has 24 heavy (non-hydrogen) atoms. The summed E-state index contributed by atoms with van der Waals surface area (Å²) in [7, 11) is 0. The number of carbonyl (C=O) groups is 1. The van der Waals surface area contributed by atoms with Crippen LogP contribution in [0.1, 0.15) is 25.6 Å². The fraction of sp³-hybridized carbons (Fsp3) is 0.312. The van der Waals surface area contributed by atoms with Gasteiger partial charge in [-0.05, 0) is 50.2 Å². The third kappa shape index (κ3) is 5.31. The van der Waals surface area contributed by atoms with Crippen LogP contribution in [0, 0.1) is 0 Å². The molecule has 2 atom stereocenters. The zero-order chi connectivity index (χ0) is 17.7. The van der Waals surface area contributed by atoms with Gasteiger partial charge in [-0.2, -0.15) is 0 Å². The van der Waals surface area contributed by atoms with Crippen molar-refractivity contribution < 1.29 is 32.4 Å². The third-order valence-corrected chi connectivity index (χ3v) is 3.34. The molecule has 0 radical (unpaired) electrons. The summed E-state index contributed by atoms with van der Waals surface area (Å²) in [5.41, 5.74) is 0.389. The van der Waals surface area contributed by atoms with E-state index in [1.807, 2.05) is 18.3 Å². The lowest BCUT2D eigenvalue weighted by molar-refractivity contribution is -0.711. The van der Waals surface area contributed by atoms with Gasteiger partial charge in [0.2, 0.25) is 0 Å². The first-order valence-electron chi connectivity index (χ1n) is 7.29. The maximum absolute atomic E-state index is 12.1. The van der Waals surface area contributed by atoms with E-state index in [2.05, 4.69) is 10.1 Å². The summed E-state index contributed by atoms with van der Waals surface area (Å²) in [5, 5.41) is 4.47. The van der Waals surface area contributed by atoms with Gasteiger partial charge in [-0.1, -0.05) is 0 Å². The van der Waals surface area contributed by atoms with E-state index in [9.17, 15) is 18.0 Å². The average Bonchev–Trinajstić information content (AvgIpc) is 3.02. The van der Waals surface area contributed by atoms with Crippen molar-refractivity contribution in [1.29, 1.82) is 0 Å². The lowest BCUT2D eigenvalue weighted by Crippen LogP contribution is -2.91. The number of benzene rings is 1.